The zero-order valence-corrected chi connectivity index (χ0v) is 12.6. The summed E-state index contributed by atoms with van der Waals surface area (Å²) in [6.07, 6.45) is 3.49. The lowest BCUT2D eigenvalue weighted by atomic mass is 10.2. The third-order valence-electron chi connectivity index (χ3n) is 3.49. The second-order valence-electron chi connectivity index (χ2n) is 5.00. The molecule has 0 aromatic carbocycles. The van der Waals surface area contributed by atoms with Gasteiger partial charge in [0.05, 0.1) is 17.1 Å². The minimum atomic E-state index is 0.225. The Morgan fingerprint density at radius 1 is 1.58 bits per heavy atom. The summed E-state index contributed by atoms with van der Waals surface area (Å²) in [4.78, 5) is 19.0. The number of carbonyl (C=O) groups excluding carboxylic acids is 1. The van der Waals surface area contributed by atoms with E-state index < -0.39 is 0 Å². The molecule has 1 aliphatic heterocycles. The van der Waals surface area contributed by atoms with Gasteiger partial charge in [-0.1, -0.05) is 13.8 Å². The first kappa shape index (κ1) is 14.5. The smallest absolute Gasteiger partial charge is 0.228 e. The fraction of sp³-hybridized carbons (Fsp3) is 0.714. The molecule has 19 heavy (non-hydrogen) atoms. The van der Waals surface area contributed by atoms with Gasteiger partial charge in [0, 0.05) is 24.5 Å². The molecule has 0 bridgehead atoms. The van der Waals surface area contributed by atoms with Crippen LogP contribution in [0.4, 0.5) is 0 Å². The first-order valence-corrected chi connectivity index (χ1v) is 8.06. The Morgan fingerprint density at radius 2 is 2.42 bits per heavy atom. The molecule has 106 valence electrons. The molecule has 5 heteroatoms. The topological polar surface area (TPSA) is 45.2 Å². The van der Waals surface area contributed by atoms with Crippen LogP contribution in [0.1, 0.15) is 37.4 Å². The average molecular weight is 281 g/mol. The summed E-state index contributed by atoms with van der Waals surface area (Å²) in [5.41, 5.74) is 0.930. The van der Waals surface area contributed by atoms with Gasteiger partial charge < -0.3 is 10.2 Å². The largest absolute Gasteiger partial charge is 0.338 e. The number of thiazole rings is 1. The van der Waals surface area contributed by atoms with E-state index in [0.29, 0.717) is 12.5 Å². The molecule has 0 aliphatic carbocycles. The molecule has 1 saturated heterocycles. The number of rotatable bonds is 6. The van der Waals surface area contributed by atoms with Crippen molar-refractivity contribution in [1.82, 2.24) is 15.2 Å². The van der Waals surface area contributed by atoms with E-state index in [9.17, 15) is 4.79 Å². The van der Waals surface area contributed by atoms with Crippen molar-refractivity contribution in [3.63, 3.8) is 0 Å². The van der Waals surface area contributed by atoms with Crippen LogP contribution in [-0.4, -0.2) is 41.5 Å². The van der Waals surface area contributed by atoms with Crippen LogP contribution in [0, 0.1) is 0 Å². The van der Waals surface area contributed by atoms with Crippen LogP contribution in [0.2, 0.25) is 0 Å². The van der Waals surface area contributed by atoms with Gasteiger partial charge in [-0.15, -0.1) is 11.3 Å². The van der Waals surface area contributed by atoms with Crippen molar-refractivity contribution in [3.05, 3.63) is 16.1 Å². The highest BCUT2D eigenvalue weighted by Crippen LogP contribution is 2.15. The van der Waals surface area contributed by atoms with Crippen LogP contribution in [-0.2, 0) is 17.6 Å². The monoisotopic (exact) mass is 281 g/mol. The van der Waals surface area contributed by atoms with Crippen molar-refractivity contribution in [1.29, 1.82) is 0 Å². The predicted octanol–water partition coefficient (Wildman–Crippen LogP) is 1.85. The van der Waals surface area contributed by atoms with E-state index in [0.717, 1.165) is 49.6 Å². The van der Waals surface area contributed by atoms with Crippen LogP contribution >= 0.6 is 11.3 Å². The Kier molecular flexibility index (Phi) is 5.34. The van der Waals surface area contributed by atoms with Gasteiger partial charge in [0.25, 0.3) is 0 Å². The number of hydrogen-bond donors (Lipinski definition) is 1. The highest BCUT2D eigenvalue weighted by molar-refractivity contribution is 7.09. The number of hydrogen-bond acceptors (Lipinski definition) is 4. The van der Waals surface area contributed by atoms with Gasteiger partial charge in [0.1, 0.15) is 0 Å². The Hall–Kier alpha value is -0.940. The molecule has 2 heterocycles. The summed E-state index contributed by atoms with van der Waals surface area (Å²) < 4.78 is 0. The number of nitrogens with zero attached hydrogens (tertiary/aromatic N) is 2. The van der Waals surface area contributed by atoms with E-state index in [1.54, 1.807) is 11.3 Å². The Bertz CT molecular complexity index is 413. The molecule has 0 radical (unpaired) electrons. The molecular formula is C14H23N3OS. The molecule has 1 amide bonds. The van der Waals surface area contributed by atoms with Gasteiger partial charge in [0.15, 0.2) is 0 Å². The minimum Gasteiger partial charge on any atom is -0.338 e. The van der Waals surface area contributed by atoms with E-state index in [2.05, 4.69) is 24.1 Å². The van der Waals surface area contributed by atoms with E-state index in [1.165, 1.54) is 0 Å². The molecule has 0 saturated carbocycles. The lowest BCUT2D eigenvalue weighted by Gasteiger charge is -2.28. The summed E-state index contributed by atoms with van der Waals surface area (Å²) in [6.45, 7) is 7.03. The average Bonchev–Trinajstić information content (AvgIpc) is 3.06. The summed E-state index contributed by atoms with van der Waals surface area (Å²) in [6, 6.07) is 0.372. The third kappa shape index (κ3) is 3.76. The highest BCUT2D eigenvalue weighted by Gasteiger charge is 2.26. The van der Waals surface area contributed by atoms with E-state index in [1.807, 2.05) is 10.3 Å². The molecular weight excluding hydrogens is 258 g/mol. The number of carbonyl (C=O) groups is 1. The molecule has 0 spiro atoms. The van der Waals surface area contributed by atoms with Crippen molar-refractivity contribution >= 4 is 17.2 Å². The SMILES string of the molecule is CCCN(C(=O)Cc1csc(CC)n1)C1CCNC1. The number of nitrogens with one attached hydrogen (secondary N) is 1. The van der Waals surface area contributed by atoms with Gasteiger partial charge >= 0.3 is 0 Å². The molecule has 1 atom stereocenters. The van der Waals surface area contributed by atoms with Crippen molar-refractivity contribution in [2.75, 3.05) is 19.6 Å². The van der Waals surface area contributed by atoms with Crippen molar-refractivity contribution in [2.24, 2.45) is 0 Å². The zero-order chi connectivity index (χ0) is 13.7. The first-order chi connectivity index (χ1) is 9.24. The molecule has 2 rings (SSSR count). The fourth-order valence-electron chi connectivity index (χ4n) is 2.51. The lowest BCUT2D eigenvalue weighted by Crippen LogP contribution is -2.42. The number of aromatic nitrogens is 1. The van der Waals surface area contributed by atoms with Crippen molar-refractivity contribution in [3.8, 4) is 0 Å². The Morgan fingerprint density at radius 3 is 3.00 bits per heavy atom. The van der Waals surface area contributed by atoms with Gasteiger partial charge in [0.2, 0.25) is 5.91 Å². The van der Waals surface area contributed by atoms with E-state index >= 15 is 0 Å². The normalized spacial score (nSPS) is 18.7. The van der Waals surface area contributed by atoms with E-state index in [4.69, 9.17) is 0 Å². The van der Waals surface area contributed by atoms with Crippen molar-refractivity contribution in [2.45, 2.75) is 45.6 Å². The molecule has 1 N–H and O–H groups in total. The zero-order valence-electron chi connectivity index (χ0n) is 11.8. The van der Waals surface area contributed by atoms with Gasteiger partial charge in [-0.25, -0.2) is 4.98 Å². The van der Waals surface area contributed by atoms with Gasteiger partial charge in [-0.05, 0) is 25.8 Å². The maximum absolute atomic E-state index is 12.4. The number of amides is 1. The molecule has 1 unspecified atom stereocenters. The van der Waals surface area contributed by atoms with Crippen molar-refractivity contribution < 1.29 is 4.79 Å². The second-order valence-corrected chi connectivity index (χ2v) is 5.94. The predicted molar refractivity (Wildman–Crippen MR) is 78.5 cm³/mol. The number of aryl methyl sites for hydroxylation is 1. The fourth-order valence-corrected chi connectivity index (χ4v) is 3.25. The molecule has 1 aliphatic rings. The first-order valence-electron chi connectivity index (χ1n) is 7.18. The minimum absolute atomic E-state index is 0.225. The summed E-state index contributed by atoms with van der Waals surface area (Å²) in [5.74, 6) is 0.225. The summed E-state index contributed by atoms with van der Waals surface area (Å²) >= 11 is 1.65. The second kappa shape index (κ2) is 7.01. The standard InChI is InChI=1S/C14H23N3OS/c1-3-7-17(12-5-6-15-9-12)14(18)8-11-10-19-13(4-2)16-11/h10,12,15H,3-9H2,1-2H3. The van der Waals surface area contributed by atoms with Gasteiger partial charge in [-0.3, -0.25) is 4.79 Å². The maximum Gasteiger partial charge on any atom is 0.228 e. The Labute approximate surface area is 119 Å². The highest BCUT2D eigenvalue weighted by atomic mass is 32.1. The Balaban J connectivity index is 1.98. The van der Waals surface area contributed by atoms with Crippen LogP contribution in [0.25, 0.3) is 0 Å². The van der Waals surface area contributed by atoms with Crippen LogP contribution < -0.4 is 5.32 Å². The molecule has 1 fully saturated rings. The molecule has 4 nitrogen and oxygen atoms in total. The third-order valence-corrected chi connectivity index (χ3v) is 4.54. The molecule has 1 aromatic heterocycles. The van der Waals surface area contributed by atoms with Crippen LogP contribution in [0.15, 0.2) is 5.38 Å². The van der Waals surface area contributed by atoms with Gasteiger partial charge in [-0.2, -0.15) is 0 Å². The maximum atomic E-state index is 12.4. The van der Waals surface area contributed by atoms with Crippen LogP contribution in [0.3, 0.4) is 0 Å². The molecule has 1 aromatic rings. The van der Waals surface area contributed by atoms with E-state index in [-0.39, 0.29) is 5.91 Å². The quantitative estimate of drug-likeness (QED) is 0.865. The summed E-state index contributed by atoms with van der Waals surface area (Å²) in [7, 11) is 0. The van der Waals surface area contributed by atoms with Crippen LogP contribution in [0.5, 0.6) is 0 Å². The lowest BCUT2D eigenvalue weighted by molar-refractivity contribution is -0.132. The summed E-state index contributed by atoms with van der Waals surface area (Å²) in [5, 5.41) is 6.48.